The number of aliphatic imine (C=N–C) groups is 1. The molecule has 0 aliphatic rings. The first-order chi connectivity index (χ1) is 11.0. The molecule has 25 heavy (non-hydrogen) atoms. The Morgan fingerprint density at radius 3 is 2.08 bits per heavy atom. The summed E-state index contributed by atoms with van der Waals surface area (Å²) in [6.07, 6.45) is -4.34. The van der Waals surface area contributed by atoms with E-state index in [-0.39, 0.29) is 42.0 Å². The molecule has 142 valence electrons. The van der Waals surface area contributed by atoms with Gasteiger partial charge in [-0.3, -0.25) is 9.79 Å². The van der Waals surface area contributed by atoms with E-state index in [1.807, 2.05) is 20.8 Å². The van der Waals surface area contributed by atoms with Crippen molar-refractivity contribution >= 4 is 35.8 Å². The first-order valence-electron chi connectivity index (χ1n) is 7.43. The Bertz CT molecular complexity index is 581. The van der Waals surface area contributed by atoms with Gasteiger partial charge in [-0.15, -0.1) is 24.0 Å². The number of hydrogen-bond donors (Lipinski definition) is 3. The van der Waals surface area contributed by atoms with Crippen LogP contribution in [-0.4, -0.2) is 31.0 Å². The zero-order valence-corrected chi connectivity index (χ0v) is 17.0. The van der Waals surface area contributed by atoms with Crippen molar-refractivity contribution in [3.8, 4) is 0 Å². The van der Waals surface area contributed by atoms with Crippen LogP contribution in [0, 0.1) is 0 Å². The molecule has 1 aromatic rings. The third-order valence-electron chi connectivity index (χ3n) is 2.90. The molecule has 5 nitrogen and oxygen atoms in total. The number of amides is 1. The quantitative estimate of drug-likeness (QED) is 0.359. The smallest absolute Gasteiger partial charge is 0.352 e. The molecule has 0 atom stereocenters. The number of carbonyl (C=O) groups is 1. The molecule has 0 spiro atoms. The summed E-state index contributed by atoms with van der Waals surface area (Å²) in [6, 6.07) is 4.86. The van der Waals surface area contributed by atoms with E-state index in [1.165, 1.54) is 12.1 Å². The fourth-order valence-electron chi connectivity index (χ4n) is 1.84. The van der Waals surface area contributed by atoms with E-state index in [9.17, 15) is 18.0 Å². The van der Waals surface area contributed by atoms with Crippen molar-refractivity contribution in [3.05, 3.63) is 35.4 Å². The summed E-state index contributed by atoms with van der Waals surface area (Å²) in [5, 5.41) is 8.59. The van der Waals surface area contributed by atoms with Crippen LogP contribution in [0.15, 0.2) is 29.3 Å². The van der Waals surface area contributed by atoms with Gasteiger partial charge in [-0.2, -0.15) is 13.2 Å². The van der Waals surface area contributed by atoms with E-state index < -0.39 is 11.7 Å². The largest absolute Gasteiger partial charge is 0.416 e. The molecule has 0 unspecified atom stereocenters. The van der Waals surface area contributed by atoms with Gasteiger partial charge in [0.2, 0.25) is 5.91 Å². The van der Waals surface area contributed by atoms with Crippen molar-refractivity contribution < 1.29 is 18.0 Å². The van der Waals surface area contributed by atoms with Gasteiger partial charge in [-0.05, 0) is 38.5 Å². The van der Waals surface area contributed by atoms with Crippen molar-refractivity contribution in [1.82, 2.24) is 16.0 Å². The highest BCUT2D eigenvalue weighted by atomic mass is 127. The fourth-order valence-corrected chi connectivity index (χ4v) is 1.84. The minimum Gasteiger partial charge on any atom is -0.352 e. The molecule has 0 aromatic heterocycles. The molecule has 0 radical (unpaired) electrons. The molecule has 0 saturated heterocycles. The highest BCUT2D eigenvalue weighted by Gasteiger charge is 2.29. The molecule has 0 fully saturated rings. The van der Waals surface area contributed by atoms with Gasteiger partial charge < -0.3 is 16.0 Å². The molecular formula is C16H24F3IN4O. The molecule has 1 rings (SSSR count). The lowest BCUT2D eigenvalue weighted by Gasteiger charge is -2.21. The van der Waals surface area contributed by atoms with Crippen LogP contribution >= 0.6 is 24.0 Å². The second-order valence-corrected chi connectivity index (χ2v) is 6.27. The van der Waals surface area contributed by atoms with E-state index in [1.54, 1.807) is 7.05 Å². The summed E-state index contributed by atoms with van der Waals surface area (Å²) < 4.78 is 37.5. The maximum absolute atomic E-state index is 12.5. The third kappa shape index (κ3) is 9.51. The maximum atomic E-state index is 12.5. The molecule has 0 aliphatic carbocycles. The maximum Gasteiger partial charge on any atom is 0.416 e. The summed E-state index contributed by atoms with van der Waals surface area (Å²) in [5.74, 6) is 0.207. The van der Waals surface area contributed by atoms with Gasteiger partial charge in [0, 0.05) is 19.1 Å². The van der Waals surface area contributed by atoms with Gasteiger partial charge in [-0.25, -0.2) is 0 Å². The molecular weight excluding hydrogens is 448 g/mol. The Morgan fingerprint density at radius 2 is 1.64 bits per heavy atom. The van der Waals surface area contributed by atoms with Gasteiger partial charge >= 0.3 is 6.18 Å². The summed E-state index contributed by atoms with van der Waals surface area (Å²) >= 11 is 0. The lowest BCUT2D eigenvalue weighted by Crippen LogP contribution is -2.48. The Labute approximate surface area is 162 Å². The first kappa shape index (κ1) is 23.5. The van der Waals surface area contributed by atoms with Crippen LogP contribution < -0.4 is 16.0 Å². The van der Waals surface area contributed by atoms with Crippen molar-refractivity contribution in [2.75, 3.05) is 13.6 Å². The minimum absolute atomic E-state index is 0. The second kappa shape index (κ2) is 9.83. The Kier molecular flexibility index (Phi) is 9.23. The molecule has 0 bridgehead atoms. The van der Waals surface area contributed by atoms with E-state index in [0.717, 1.165) is 12.1 Å². The van der Waals surface area contributed by atoms with E-state index in [0.29, 0.717) is 18.1 Å². The molecule has 0 heterocycles. The number of nitrogens with one attached hydrogen (secondary N) is 3. The van der Waals surface area contributed by atoms with E-state index in [4.69, 9.17) is 0 Å². The fraction of sp³-hybridized carbons (Fsp3) is 0.500. The van der Waals surface area contributed by atoms with Crippen LogP contribution in [0.5, 0.6) is 0 Å². The van der Waals surface area contributed by atoms with Crippen molar-refractivity contribution in [2.45, 2.75) is 39.0 Å². The SMILES string of the molecule is CN=C(NCC(=O)NC(C)(C)C)NCc1ccc(C(F)(F)F)cc1.I. The van der Waals surface area contributed by atoms with Gasteiger partial charge in [-0.1, -0.05) is 12.1 Å². The lowest BCUT2D eigenvalue weighted by molar-refractivity contribution is -0.137. The number of halogens is 4. The number of carbonyl (C=O) groups excluding carboxylic acids is 1. The second-order valence-electron chi connectivity index (χ2n) is 6.27. The van der Waals surface area contributed by atoms with Crippen molar-refractivity contribution in [2.24, 2.45) is 4.99 Å². The Hall–Kier alpha value is -1.52. The Balaban J connectivity index is 0.00000576. The first-order valence-corrected chi connectivity index (χ1v) is 7.43. The van der Waals surface area contributed by atoms with Gasteiger partial charge in [0.15, 0.2) is 5.96 Å². The number of rotatable bonds is 4. The lowest BCUT2D eigenvalue weighted by atomic mass is 10.1. The normalized spacial score (nSPS) is 12.2. The van der Waals surface area contributed by atoms with Crippen molar-refractivity contribution in [1.29, 1.82) is 0 Å². The minimum atomic E-state index is -4.34. The highest BCUT2D eigenvalue weighted by Crippen LogP contribution is 2.28. The standard InChI is InChI=1S/C16H23F3N4O.HI/c1-15(2,3)23-13(24)10-22-14(20-4)21-9-11-5-7-12(8-6-11)16(17,18)19;/h5-8H,9-10H2,1-4H3,(H,23,24)(H2,20,21,22);1H. The summed E-state index contributed by atoms with van der Waals surface area (Å²) in [5.41, 5.74) is -0.339. The number of guanidine groups is 1. The molecule has 1 amide bonds. The molecule has 9 heteroatoms. The third-order valence-corrected chi connectivity index (χ3v) is 2.90. The van der Waals surface area contributed by atoms with Crippen molar-refractivity contribution in [3.63, 3.8) is 0 Å². The van der Waals surface area contributed by atoms with Crippen LogP contribution in [-0.2, 0) is 17.5 Å². The van der Waals surface area contributed by atoms with E-state index >= 15 is 0 Å². The Morgan fingerprint density at radius 1 is 1.08 bits per heavy atom. The molecule has 3 N–H and O–H groups in total. The average molecular weight is 472 g/mol. The predicted octanol–water partition coefficient (Wildman–Crippen LogP) is 2.90. The van der Waals surface area contributed by atoms with Crippen LogP contribution in [0.4, 0.5) is 13.2 Å². The van der Waals surface area contributed by atoms with Crippen LogP contribution in [0.3, 0.4) is 0 Å². The zero-order chi connectivity index (χ0) is 18.4. The molecule has 0 saturated carbocycles. The number of nitrogens with zero attached hydrogens (tertiary/aromatic N) is 1. The molecule has 1 aromatic carbocycles. The average Bonchev–Trinajstić information content (AvgIpc) is 2.45. The van der Waals surface area contributed by atoms with Crippen LogP contribution in [0.25, 0.3) is 0 Å². The number of benzene rings is 1. The van der Waals surface area contributed by atoms with Gasteiger partial charge in [0.05, 0.1) is 12.1 Å². The molecule has 0 aliphatic heterocycles. The summed E-state index contributed by atoms with van der Waals surface area (Å²) in [4.78, 5) is 15.7. The van der Waals surface area contributed by atoms with Gasteiger partial charge in [0.1, 0.15) is 0 Å². The number of alkyl halides is 3. The zero-order valence-electron chi connectivity index (χ0n) is 14.6. The van der Waals surface area contributed by atoms with Crippen LogP contribution in [0.1, 0.15) is 31.9 Å². The summed E-state index contributed by atoms with van der Waals surface area (Å²) in [6.45, 7) is 5.97. The van der Waals surface area contributed by atoms with Gasteiger partial charge in [0.25, 0.3) is 0 Å². The monoisotopic (exact) mass is 472 g/mol. The van der Waals surface area contributed by atoms with Crippen LogP contribution in [0.2, 0.25) is 0 Å². The highest BCUT2D eigenvalue weighted by molar-refractivity contribution is 14.0. The number of hydrogen-bond acceptors (Lipinski definition) is 2. The predicted molar refractivity (Wildman–Crippen MR) is 103 cm³/mol. The topological polar surface area (TPSA) is 65.5 Å². The van der Waals surface area contributed by atoms with E-state index in [2.05, 4.69) is 20.9 Å². The summed E-state index contributed by atoms with van der Waals surface area (Å²) in [7, 11) is 1.55.